The number of rotatable bonds is 5. The standard InChI is InChI=1S/C17H33N3O/c1-2-5-16-12-17(14-18,7-11-21-16)20-10-6-15(13-20)19-8-3-4-9-19/h15-16H,2-14,18H2,1H3. The van der Waals surface area contributed by atoms with E-state index in [-0.39, 0.29) is 5.54 Å². The normalized spacial score (nSPS) is 39.1. The van der Waals surface area contributed by atoms with Crippen molar-refractivity contribution in [3.63, 3.8) is 0 Å². The molecule has 0 aromatic rings. The highest BCUT2D eigenvalue weighted by molar-refractivity contribution is 5.01. The monoisotopic (exact) mass is 295 g/mol. The number of likely N-dealkylation sites (tertiary alicyclic amines) is 2. The van der Waals surface area contributed by atoms with Crippen LogP contribution in [0, 0.1) is 0 Å². The van der Waals surface area contributed by atoms with E-state index in [9.17, 15) is 0 Å². The topological polar surface area (TPSA) is 41.7 Å². The van der Waals surface area contributed by atoms with Gasteiger partial charge in [-0.05, 0) is 51.6 Å². The molecule has 0 amide bonds. The SMILES string of the molecule is CCCC1CC(CN)(N2CCC(N3CCCC3)C2)CCO1. The largest absolute Gasteiger partial charge is 0.378 e. The van der Waals surface area contributed by atoms with Crippen LogP contribution in [0.5, 0.6) is 0 Å². The van der Waals surface area contributed by atoms with Gasteiger partial charge in [0.15, 0.2) is 0 Å². The molecule has 3 rings (SSSR count). The summed E-state index contributed by atoms with van der Waals surface area (Å²) in [6.07, 6.45) is 9.21. The molecule has 0 aromatic heterocycles. The Morgan fingerprint density at radius 1 is 1.24 bits per heavy atom. The summed E-state index contributed by atoms with van der Waals surface area (Å²) in [7, 11) is 0. The van der Waals surface area contributed by atoms with Crippen molar-refractivity contribution in [3.05, 3.63) is 0 Å². The summed E-state index contributed by atoms with van der Waals surface area (Å²) < 4.78 is 5.97. The maximum Gasteiger partial charge on any atom is 0.0593 e. The molecular formula is C17H33N3O. The summed E-state index contributed by atoms with van der Waals surface area (Å²) in [6.45, 7) is 9.04. The Hall–Kier alpha value is -0.160. The lowest BCUT2D eigenvalue weighted by Gasteiger charge is -2.47. The minimum Gasteiger partial charge on any atom is -0.378 e. The molecular weight excluding hydrogens is 262 g/mol. The van der Waals surface area contributed by atoms with E-state index in [2.05, 4.69) is 16.7 Å². The average Bonchev–Trinajstić information content (AvgIpc) is 3.19. The van der Waals surface area contributed by atoms with E-state index in [4.69, 9.17) is 10.5 Å². The Morgan fingerprint density at radius 3 is 2.76 bits per heavy atom. The first kappa shape index (κ1) is 15.7. The highest BCUT2D eigenvalue weighted by Gasteiger charge is 2.44. The van der Waals surface area contributed by atoms with Crippen molar-refractivity contribution in [2.45, 2.75) is 69.6 Å². The Labute approximate surface area is 130 Å². The second-order valence-electron chi connectivity index (χ2n) is 7.30. The third-order valence-electron chi connectivity index (χ3n) is 6.01. The van der Waals surface area contributed by atoms with Gasteiger partial charge in [0.2, 0.25) is 0 Å². The van der Waals surface area contributed by atoms with Crippen LogP contribution in [0.1, 0.15) is 51.9 Å². The van der Waals surface area contributed by atoms with E-state index in [0.717, 1.165) is 32.0 Å². The minimum absolute atomic E-state index is 0.215. The number of nitrogens with two attached hydrogens (primary N) is 1. The van der Waals surface area contributed by atoms with Crippen LogP contribution in [-0.4, -0.2) is 66.8 Å². The molecule has 3 aliphatic heterocycles. The summed E-state index contributed by atoms with van der Waals surface area (Å²) in [4.78, 5) is 5.44. The third-order valence-corrected chi connectivity index (χ3v) is 6.01. The van der Waals surface area contributed by atoms with Gasteiger partial charge in [-0.25, -0.2) is 0 Å². The van der Waals surface area contributed by atoms with Gasteiger partial charge in [0.25, 0.3) is 0 Å². The summed E-state index contributed by atoms with van der Waals surface area (Å²) in [5.74, 6) is 0. The molecule has 4 heteroatoms. The molecule has 3 unspecified atom stereocenters. The first-order valence-electron chi connectivity index (χ1n) is 9.08. The first-order valence-corrected chi connectivity index (χ1v) is 9.08. The van der Waals surface area contributed by atoms with E-state index < -0.39 is 0 Å². The van der Waals surface area contributed by atoms with Gasteiger partial charge in [0.05, 0.1) is 6.10 Å². The summed E-state index contributed by atoms with van der Waals surface area (Å²) in [5, 5.41) is 0. The Kier molecular flexibility index (Phi) is 5.20. The Morgan fingerprint density at radius 2 is 2.05 bits per heavy atom. The molecule has 3 aliphatic rings. The summed E-state index contributed by atoms with van der Waals surface area (Å²) in [5.41, 5.74) is 6.48. The maximum absolute atomic E-state index is 6.26. The maximum atomic E-state index is 6.26. The first-order chi connectivity index (χ1) is 10.3. The van der Waals surface area contributed by atoms with E-state index in [1.54, 1.807) is 0 Å². The molecule has 0 aromatic carbocycles. The average molecular weight is 295 g/mol. The summed E-state index contributed by atoms with van der Waals surface area (Å²) >= 11 is 0. The predicted molar refractivity (Wildman–Crippen MR) is 86.5 cm³/mol. The zero-order chi connectivity index (χ0) is 14.7. The molecule has 0 aliphatic carbocycles. The molecule has 3 atom stereocenters. The van der Waals surface area contributed by atoms with Gasteiger partial charge < -0.3 is 10.5 Å². The molecule has 21 heavy (non-hydrogen) atoms. The Balaban J connectivity index is 1.62. The van der Waals surface area contributed by atoms with Crippen molar-refractivity contribution in [1.29, 1.82) is 0 Å². The number of hydrogen-bond acceptors (Lipinski definition) is 4. The number of ether oxygens (including phenoxy) is 1. The molecule has 0 bridgehead atoms. The van der Waals surface area contributed by atoms with Crippen molar-refractivity contribution in [2.24, 2.45) is 5.73 Å². The molecule has 4 nitrogen and oxygen atoms in total. The number of nitrogens with zero attached hydrogens (tertiary/aromatic N) is 2. The van der Waals surface area contributed by atoms with Gasteiger partial charge in [-0.1, -0.05) is 13.3 Å². The van der Waals surface area contributed by atoms with Crippen LogP contribution < -0.4 is 5.73 Å². The van der Waals surface area contributed by atoms with E-state index >= 15 is 0 Å². The van der Waals surface area contributed by atoms with Crippen molar-refractivity contribution < 1.29 is 4.74 Å². The van der Waals surface area contributed by atoms with Crippen LogP contribution in [0.4, 0.5) is 0 Å². The van der Waals surface area contributed by atoms with Crippen LogP contribution in [0.15, 0.2) is 0 Å². The second-order valence-corrected chi connectivity index (χ2v) is 7.30. The van der Waals surface area contributed by atoms with Gasteiger partial charge >= 0.3 is 0 Å². The molecule has 3 fully saturated rings. The smallest absolute Gasteiger partial charge is 0.0593 e. The zero-order valence-corrected chi connectivity index (χ0v) is 13.7. The highest BCUT2D eigenvalue weighted by atomic mass is 16.5. The Bertz CT molecular complexity index is 330. The van der Waals surface area contributed by atoms with Crippen LogP contribution in [0.3, 0.4) is 0 Å². The van der Waals surface area contributed by atoms with Crippen molar-refractivity contribution >= 4 is 0 Å². The lowest BCUT2D eigenvalue weighted by atomic mass is 9.84. The van der Waals surface area contributed by atoms with Crippen LogP contribution >= 0.6 is 0 Å². The van der Waals surface area contributed by atoms with Crippen LogP contribution in [-0.2, 0) is 4.74 Å². The van der Waals surface area contributed by atoms with E-state index in [0.29, 0.717) is 6.10 Å². The fourth-order valence-electron chi connectivity index (χ4n) is 4.69. The molecule has 0 saturated carbocycles. The second kappa shape index (κ2) is 6.95. The summed E-state index contributed by atoms with van der Waals surface area (Å²) in [6, 6.07) is 0.781. The number of hydrogen-bond donors (Lipinski definition) is 1. The molecule has 0 spiro atoms. The lowest BCUT2D eigenvalue weighted by Crippen LogP contribution is -2.58. The zero-order valence-electron chi connectivity index (χ0n) is 13.7. The fourth-order valence-corrected chi connectivity index (χ4v) is 4.69. The van der Waals surface area contributed by atoms with Gasteiger partial charge in [0.1, 0.15) is 0 Å². The van der Waals surface area contributed by atoms with Gasteiger partial charge in [-0.2, -0.15) is 0 Å². The van der Waals surface area contributed by atoms with Crippen molar-refractivity contribution in [3.8, 4) is 0 Å². The molecule has 2 N–H and O–H groups in total. The molecule has 3 saturated heterocycles. The van der Waals surface area contributed by atoms with Crippen molar-refractivity contribution in [1.82, 2.24) is 9.80 Å². The van der Waals surface area contributed by atoms with Gasteiger partial charge in [-0.15, -0.1) is 0 Å². The molecule has 122 valence electrons. The lowest BCUT2D eigenvalue weighted by molar-refractivity contribution is -0.0689. The van der Waals surface area contributed by atoms with Crippen LogP contribution in [0.2, 0.25) is 0 Å². The predicted octanol–water partition coefficient (Wildman–Crippen LogP) is 1.83. The highest BCUT2D eigenvalue weighted by Crippen LogP contribution is 2.35. The molecule has 0 radical (unpaired) electrons. The van der Waals surface area contributed by atoms with Gasteiger partial charge in [-0.3, -0.25) is 9.80 Å². The van der Waals surface area contributed by atoms with Gasteiger partial charge in [0, 0.05) is 37.8 Å². The third kappa shape index (κ3) is 3.29. The van der Waals surface area contributed by atoms with Crippen molar-refractivity contribution in [2.75, 3.05) is 39.3 Å². The molecule has 3 heterocycles. The van der Waals surface area contributed by atoms with Crippen LogP contribution in [0.25, 0.3) is 0 Å². The van der Waals surface area contributed by atoms with E-state index in [1.165, 1.54) is 58.3 Å². The fraction of sp³-hybridized carbons (Fsp3) is 1.00. The quantitative estimate of drug-likeness (QED) is 0.840. The van der Waals surface area contributed by atoms with E-state index in [1.807, 2.05) is 0 Å². The minimum atomic E-state index is 0.215.